The lowest BCUT2D eigenvalue weighted by Crippen LogP contribution is -2.41. The van der Waals surface area contributed by atoms with E-state index in [9.17, 15) is 0 Å². The molecule has 6 nitrogen and oxygen atoms in total. The summed E-state index contributed by atoms with van der Waals surface area (Å²) in [4.78, 5) is 15.5. The van der Waals surface area contributed by atoms with E-state index in [4.69, 9.17) is 15.5 Å². The van der Waals surface area contributed by atoms with Gasteiger partial charge in [0.2, 0.25) is 5.88 Å². The summed E-state index contributed by atoms with van der Waals surface area (Å²) in [6.07, 6.45) is 5.03. The second kappa shape index (κ2) is 8.26. The quantitative estimate of drug-likeness (QED) is 0.647. The summed E-state index contributed by atoms with van der Waals surface area (Å²) >= 11 is 0. The van der Waals surface area contributed by atoms with Gasteiger partial charge in [-0.25, -0.2) is 9.98 Å². The average molecular weight is 428 g/mol. The van der Waals surface area contributed by atoms with E-state index in [0.717, 1.165) is 30.3 Å². The Labute approximate surface area is 189 Å². The number of nitrogens with two attached hydrogens (primary N) is 1. The first-order chi connectivity index (χ1) is 15.5. The van der Waals surface area contributed by atoms with Crippen molar-refractivity contribution in [1.82, 2.24) is 9.97 Å². The first-order valence-electron chi connectivity index (χ1n) is 11.3. The molecule has 0 spiro atoms. The van der Waals surface area contributed by atoms with Crippen molar-refractivity contribution in [3.8, 4) is 5.88 Å². The molecule has 3 heterocycles. The van der Waals surface area contributed by atoms with Gasteiger partial charge in [0.1, 0.15) is 11.9 Å². The molecular weight excluding hydrogens is 398 g/mol. The number of hydrogen-bond acceptors (Lipinski definition) is 6. The van der Waals surface area contributed by atoms with Crippen LogP contribution in [0, 0.1) is 5.92 Å². The Morgan fingerprint density at radius 1 is 1.00 bits per heavy atom. The highest BCUT2D eigenvalue weighted by atomic mass is 16.5. The summed E-state index contributed by atoms with van der Waals surface area (Å²) < 4.78 is 6.10. The lowest BCUT2D eigenvalue weighted by atomic mass is 9.90. The molecule has 2 N–H and O–H groups in total. The highest BCUT2D eigenvalue weighted by Gasteiger charge is 2.35. The molecule has 5 rings (SSSR count). The maximum atomic E-state index is 6.10. The van der Waals surface area contributed by atoms with Crippen LogP contribution in [-0.2, 0) is 6.42 Å². The molecule has 2 aliphatic heterocycles. The van der Waals surface area contributed by atoms with Gasteiger partial charge in [-0.3, -0.25) is 0 Å². The molecule has 0 saturated carbocycles. The Kier molecular flexibility index (Phi) is 5.29. The molecule has 6 heteroatoms. The molecule has 2 aliphatic rings. The number of hydrogen-bond donors (Lipinski definition) is 1. The molecule has 1 saturated heterocycles. The van der Waals surface area contributed by atoms with Crippen LogP contribution >= 0.6 is 0 Å². The molecule has 1 aromatic heterocycles. The first-order valence-corrected chi connectivity index (χ1v) is 11.3. The van der Waals surface area contributed by atoms with Gasteiger partial charge in [-0.05, 0) is 56.7 Å². The van der Waals surface area contributed by atoms with Crippen LogP contribution in [0.2, 0.25) is 0 Å². The normalized spacial score (nSPS) is 17.9. The van der Waals surface area contributed by atoms with Crippen molar-refractivity contribution in [1.29, 1.82) is 0 Å². The number of ether oxygens (including phenoxy) is 1. The third-order valence-corrected chi connectivity index (χ3v) is 6.45. The molecule has 0 aliphatic carbocycles. The summed E-state index contributed by atoms with van der Waals surface area (Å²) in [6, 6.07) is 19.5. The van der Waals surface area contributed by atoms with Crippen molar-refractivity contribution in [2.24, 2.45) is 10.9 Å². The van der Waals surface area contributed by atoms with Gasteiger partial charge in [0.15, 0.2) is 11.5 Å². The van der Waals surface area contributed by atoms with Crippen LogP contribution in [0.5, 0.6) is 5.88 Å². The molecule has 0 bridgehead atoms. The predicted octanol–water partition coefficient (Wildman–Crippen LogP) is 4.81. The number of benzene rings is 2. The number of nitrogen functional groups attached to an aromatic ring is 1. The zero-order valence-electron chi connectivity index (χ0n) is 18.7. The number of aromatic nitrogens is 2. The first kappa shape index (κ1) is 20.5. The topological polar surface area (TPSA) is 76.6 Å². The molecule has 164 valence electrons. The second-order valence-corrected chi connectivity index (χ2v) is 9.15. The standard InChI is InChI=1S/C26H29N5O/c1-26(2)23(30-22-24(27)28-17-29-25(22)32-26)20-8-10-21(11-9-20)31-14-12-19(13-15-31)16-18-6-4-3-5-7-18/h3-11,17,19H,12-16H2,1-2H3,(H2,27,28,29). The minimum atomic E-state index is -0.606. The van der Waals surface area contributed by atoms with Crippen molar-refractivity contribution in [2.45, 2.75) is 38.7 Å². The number of anilines is 2. The average Bonchev–Trinajstić information content (AvgIpc) is 2.80. The van der Waals surface area contributed by atoms with E-state index in [-0.39, 0.29) is 0 Å². The molecule has 0 unspecified atom stereocenters. The maximum absolute atomic E-state index is 6.10. The van der Waals surface area contributed by atoms with Gasteiger partial charge in [-0.15, -0.1) is 0 Å². The minimum Gasteiger partial charge on any atom is -0.463 e. The van der Waals surface area contributed by atoms with Gasteiger partial charge in [0.25, 0.3) is 0 Å². The second-order valence-electron chi connectivity index (χ2n) is 9.15. The van der Waals surface area contributed by atoms with Gasteiger partial charge < -0.3 is 15.4 Å². The summed E-state index contributed by atoms with van der Waals surface area (Å²) in [5.74, 6) is 1.52. The Bertz CT molecular complexity index is 1120. The van der Waals surface area contributed by atoms with E-state index >= 15 is 0 Å². The minimum absolute atomic E-state index is 0.331. The summed E-state index contributed by atoms with van der Waals surface area (Å²) in [5, 5.41) is 0. The zero-order chi connectivity index (χ0) is 22.1. The lowest BCUT2D eigenvalue weighted by molar-refractivity contribution is 0.171. The third-order valence-electron chi connectivity index (χ3n) is 6.45. The molecule has 0 amide bonds. The molecule has 0 atom stereocenters. The molecule has 32 heavy (non-hydrogen) atoms. The monoisotopic (exact) mass is 427 g/mol. The molecule has 1 fully saturated rings. The highest BCUT2D eigenvalue weighted by molar-refractivity contribution is 6.09. The predicted molar refractivity (Wildman–Crippen MR) is 129 cm³/mol. The molecular formula is C26H29N5O. The smallest absolute Gasteiger partial charge is 0.246 e. The van der Waals surface area contributed by atoms with E-state index in [0.29, 0.717) is 17.4 Å². The lowest BCUT2D eigenvalue weighted by Gasteiger charge is -2.34. The van der Waals surface area contributed by atoms with Crippen molar-refractivity contribution >= 4 is 22.9 Å². The number of aliphatic imine (C=N–C) groups is 1. The van der Waals surface area contributed by atoms with Gasteiger partial charge >= 0.3 is 0 Å². The Balaban J connectivity index is 1.29. The molecule has 3 aromatic rings. The van der Waals surface area contributed by atoms with Crippen molar-refractivity contribution in [3.63, 3.8) is 0 Å². The van der Waals surface area contributed by atoms with Crippen molar-refractivity contribution in [2.75, 3.05) is 23.7 Å². The summed E-state index contributed by atoms with van der Waals surface area (Å²) in [5.41, 5.74) is 10.5. The van der Waals surface area contributed by atoms with E-state index < -0.39 is 5.60 Å². The summed E-state index contributed by atoms with van der Waals surface area (Å²) in [7, 11) is 0. The largest absolute Gasteiger partial charge is 0.463 e. The van der Waals surface area contributed by atoms with Gasteiger partial charge in [-0.1, -0.05) is 42.5 Å². The molecule has 2 aromatic carbocycles. The van der Waals surface area contributed by atoms with E-state index in [2.05, 4.69) is 69.5 Å². The Morgan fingerprint density at radius 2 is 1.72 bits per heavy atom. The van der Waals surface area contributed by atoms with Crippen LogP contribution in [0.3, 0.4) is 0 Å². The van der Waals surface area contributed by atoms with Crippen LogP contribution in [0.25, 0.3) is 0 Å². The zero-order valence-corrected chi connectivity index (χ0v) is 18.7. The fraction of sp³-hybridized carbons (Fsp3) is 0.346. The van der Waals surface area contributed by atoms with Crippen molar-refractivity contribution in [3.05, 3.63) is 72.1 Å². The Hall–Kier alpha value is -3.41. The number of piperidine rings is 1. The number of rotatable bonds is 4. The fourth-order valence-corrected chi connectivity index (χ4v) is 4.68. The Morgan fingerprint density at radius 3 is 2.44 bits per heavy atom. The van der Waals surface area contributed by atoms with Crippen LogP contribution in [0.15, 0.2) is 65.9 Å². The highest BCUT2D eigenvalue weighted by Crippen LogP contribution is 2.39. The maximum Gasteiger partial charge on any atom is 0.246 e. The van der Waals surface area contributed by atoms with Crippen LogP contribution in [0.1, 0.15) is 37.8 Å². The number of fused-ring (bicyclic) bond motifs is 1. The van der Waals surface area contributed by atoms with Crippen molar-refractivity contribution < 1.29 is 4.74 Å². The van der Waals surface area contributed by atoms with Gasteiger partial charge in [-0.2, -0.15) is 4.98 Å². The van der Waals surface area contributed by atoms with E-state index in [1.807, 2.05) is 13.8 Å². The number of nitrogens with zero attached hydrogens (tertiary/aromatic N) is 4. The van der Waals surface area contributed by atoms with E-state index in [1.54, 1.807) is 0 Å². The third kappa shape index (κ3) is 4.05. The fourth-order valence-electron chi connectivity index (χ4n) is 4.68. The van der Waals surface area contributed by atoms with Crippen LogP contribution < -0.4 is 15.4 Å². The summed E-state index contributed by atoms with van der Waals surface area (Å²) in [6.45, 7) is 6.18. The van der Waals surface area contributed by atoms with Gasteiger partial charge in [0, 0.05) is 24.3 Å². The van der Waals surface area contributed by atoms with Crippen LogP contribution in [0.4, 0.5) is 17.2 Å². The van der Waals surface area contributed by atoms with Gasteiger partial charge in [0.05, 0.1) is 5.71 Å². The molecule has 0 radical (unpaired) electrons. The van der Waals surface area contributed by atoms with Crippen LogP contribution in [-0.4, -0.2) is 34.4 Å². The van der Waals surface area contributed by atoms with E-state index in [1.165, 1.54) is 36.8 Å². The SMILES string of the molecule is CC1(C)Oc2ncnc(N)c2N=C1c1ccc(N2CCC(Cc3ccccc3)CC2)cc1.